The molecule has 0 aromatic heterocycles. The third-order valence-corrected chi connectivity index (χ3v) is 4.25. The number of amides is 2. The molecule has 2 amide bonds. The van der Waals surface area contributed by atoms with Crippen molar-refractivity contribution in [1.29, 1.82) is 0 Å². The summed E-state index contributed by atoms with van der Waals surface area (Å²) >= 11 is 0. The number of imide groups is 1. The average molecular weight is 370 g/mol. The highest BCUT2D eigenvalue weighted by atomic mass is 19.1. The first-order valence-corrected chi connectivity index (χ1v) is 8.40. The van der Waals surface area contributed by atoms with Gasteiger partial charge in [-0.15, -0.1) is 0 Å². The summed E-state index contributed by atoms with van der Waals surface area (Å²) in [4.78, 5) is 30.0. The largest absolute Gasteiger partial charge is 0.493 e. The number of hydrogen-bond donors (Lipinski definition) is 0. The fraction of sp³-hybridized carbons (Fsp3) is 0.250. The molecule has 6 nitrogen and oxygen atoms in total. The molecule has 140 valence electrons. The lowest BCUT2D eigenvalue weighted by molar-refractivity contribution is -0.120. The van der Waals surface area contributed by atoms with E-state index in [1.54, 1.807) is 14.2 Å². The summed E-state index contributed by atoms with van der Waals surface area (Å²) in [6.45, 7) is 0.362. The van der Waals surface area contributed by atoms with Gasteiger partial charge >= 0.3 is 0 Å². The van der Waals surface area contributed by atoms with Crippen molar-refractivity contribution in [2.45, 2.75) is 12.8 Å². The van der Waals surface area contributed by atoms with Gasteiger partial charge in [0.2, 0.25) is 5.91 Å². The number of ether oxygens (including phenoxy) is 2. The minimum Gasteiger partial charge on any atom is -0.493 e. The summed E-state index contributed by atoms with van der Waals surface area (Å²) in [5.74, 6) is 0.00776. The van der Waals surface area contributed by atoms with E-state index in [0.717, 1.165) is 10.5 Å². The van der Waals surface area contributed by atoms with Crippen molar-refractivity contribution in [2.75, 3.05) is 25.7 Å². The van der Waals surface area contributed by atoms with Crippen LogP contribution in [0, 0.1) is 5.82 Å². The number of halogens is 1. The predicted octanol–water partition coefficient (Wildman–Crippen LogP) is 2.79. The molecule has 7 heteroatoms. The molecular formula is C20H19FN2O4. The third kappa shape index (κ3) is 3.97. The molecule has 0 saturated carbocycles. The van der Waals surface area contributed by atoms with E-state index in [1.165, 1.54) is 24.3 Å². The van der Waals surface area contributed by atoms with Crippen LogP contribution in [0.15, 0.2) is 47.5 Å². The van der Waals surface area contributed by atoms with Gasteiger partial charge in [0.15, 0.2) is 11.5 Å². The second-order valence-electron chi connectivity index (χ2n) is 5.96. The minimum atomic E-state index is -0.459. The highest BCUT2D eigenvalue weighted by molar-refractivity contribution is 6.56. The molecule has 0 bridgehead atoms. The van der Waals surface area contributed by atoms with Gasteiger partial charge in [-0.25, -0.2) is 9.29 Å². The van der Waals surface area contributed by atoms with Crippen LogP contribution in [0.1, 0.15) is 12.0 Å². The third-order valence-electron chi connectivity index (χ3n) is 4.25. The van der Waals surface area contributed by atoms with Crippen molar-refractivity contribution in [1.82, 2.24) is 0 Å². The zero-order valence-electron chi connectivity index (χ0n) is 15.1. The summed E-state index contributed by atoms with van der Waals surface area (Å²) < 4.78 is 23.5. The van der Waals surface area contributed by atoms with E-state index in [9.17, 15) is 14.0 Å². The van der Waals surface area contributed by atoms with E-state index in [4.69, 9.17) is 9.47 Å². The Balaban J connectivity index is 1.68. The van der Waals surface area contributed by atoms with Crippen LogP contribution in [0.4, 0.5) is 10.1 Å². The zero-order chi connectivity index (χ0) is 19.4. The number of hydrogen-bond acceptors (Lipinski definition) is 5. The molecule has 0 atom stereocenters. The van der Waals surface area contributed by atoms with Crippen molar-refractivity contribution in [3.05, 3.63) is 53.8 Å². The Hall–Kier alpha value is -3.22. The first kappa shape index (κ1) is 18.6. The standard InChI is InChI=1S/C20H19FN2O4/c1-26-17-8-3-13(11-18(17)27-2)9-10-22-16-12-19(24)23(20(16)25)15-6-4-14(21)5-7-15/h3-8,11H,9-10,12H2,1-2H3. The minimum absolute atomic E-state index is 0.0534. The first-order valence-electron chi connectivity index (χ1n) is 8.40. The molecule has 0 unspecified atom stereocenters. The molecule has 0 aliphatic carbocycles. The van der Waals surface area contributed by atoms with Crippen molar-refractivity contribution >= 4 is 23.2 Å². The van der Waals surface area contributed by atoms with Crippen LogP contribution in [0.2, 0.25) is 0 Å². The molecule has 1 aliphatic heterocycles. The van der Waals surface area contributed by atoms with Gasteiger partial charge in [-0.1, -0.05) is 6.07 Å². The normalized spacial score (nSPS) is 15.5. The van der Waals surface area contributed by atoms with Gasteiger partial charge in [-0.05, 0) is 48.4 Å². The number of methoxy groups -OCH3 is 2. The van der Waals surface area contributed by atoms with Crippen LogP contribution in [0.3, 0.4) is 0 Å². The zero-order valence-corrected chi connectivity index (χ0v) is 15.1. The van der Waals surface area contributed by atoms with E-state index in [1.807, 2.05) is 18.2 Å². The first-order chi connectivity index (χ1) is 13.0. The van der Waals surface area contributed by atoms with Gasteiger partial charge in [0.05, 0.1) is 26.3 Å². The molecule has 2 aromatic rings. The van der Waals surface area contributed by atoms with Crippen LogP contribution in [-0.2, 0) is 16.0 Å². The molecule has 1 saturated heterocycles. The molecule has 0 spiro atoms. The Morgan fingerprint density at radius 1 is 1.04 bits per heavy atom. The number of carbonyl (C=O) groups is 2. The van der Waals surface area contributed by atoms with Gasteiger partial charge < -0.3 is 9.47 Å². The Labute approximate surface area is 156 Å². The van der Waals surface area contributed by atoms with Gasteiger partial charge in [-0.3, -0.25) is 14.6 Å². The Morgan fingerprint density at radius 2 is 1.74 bits per heavy atom. The summed E-state index contributed by atoms with van der Waals surface area (Å²) in [5.41, 5.74) is 1.53. The molecule has 1 heterocycles. The van der Waals surface area contributed by atoms with E-state index < -0.39 is 11.7 Å². The van der Waals surface area contributed by atoms with E-state index in [-0.39, 0.29) is 18.0 Å². The van der Waals surface area contributed by atoms with Gasteiger partial charge in [-0.2, -0.15) is 0 Å². The fourth-order valence-electron chi connectivity index (χ4n) is 2.87. The lowest BCUT2D eigenvalue weighted by Crippen LogP contribution is -2.30. The molecule has 1 fully saturated rings. The molecule has 0 N–H and O–H groups in total. The van der Waals surface area contributed by atoms with Crippen molar-refractivity contribution in [3.63, 3.8) is 0 Å². The predicted molar refractivity (Wildman–Crippen MR) is 99.1 cm³/mol. The molecule has 3 rings (SSSR count). The van der Waals surface area contributed by atoms with Crippen LogP contribution < -0.4 is 14.4 Å². The lowest BCUT2D eigenvalue weighted by atomic mass is 10.1. The van der Waals surface area contributed by atoms with Crippen LogP contribution in [0.25, 0.3) is 0 Å². The second-order valence-corrected chi connectivity index (χ2v) is 5.96. The van der Waals surface area contributed by atoms with Gasteiger partial charge in [0.1, 0.15) is 11.5 Å². The van der Waals surface area contributed by atoms with Gasteiger partial charge in [0, 0.05) is 6.54 Å². The number of anilines is 1. The molecule has 0 radical (unpaired) electrons. The number of rotatable bonds is 6. The highest BCUT2D eigenvalue weighted by Gasteiger charge is 2.36. The number of aliphatic imine (C=N–C) groups is 1. The summed E-state index contributed by atoms with van der Waals surface area (Å²) in [6, 6.07) is 10.8. The molecule has 2 aromatic carbocycles. The Bertz CT molecular complexity index is 893. The number of benzene rings is 2. The quantitative estimate of drug-likeness (QED) is 0.734. The molecule has 27 heavy (non-hydrogen) atoms. The maximum Gasteiger partial charge on any atom is 0.279 e. The van der Waals surface area contributed by atoms with Crippen LogP contribution >= 0.6 is 0 Å². The summed E-state index contributed by atoms with van der Waals surface area (Å²) in [5, 5.41) is 0. The summed E-state index contributed by atoms with van der Waals surface area (Å²) in [6.07, 6.45) is 0.532. The molecule has 1 aliphatic rings. The maximum atomic E-state index is 13.0. The van der Waals surface area contributed by atoms with Crippen LogP contribution in [0.5, 0.6) is 11.5 Å². The van der Waals surface area contributed by atoms with Crippen LogP contribution in [-0.4, -0.2) is 38.3 Å². The van der Waals surface area contributed by atoms with E-state index in [0.29, 0.717) is 30.2 Å². The SMILES string of the molecule is COc1ccc(CCN=C2CC(=O)N(c3ccc(F)cc3)C2=O)cc1OC. The monoisotopic (exact) mass is 370 g/mol. The van der Waals surface area contributed by atoms with Crippen molar-refractivity contribution in [2.24, 2.45) is 4.99 Å². The fourth-order valence-corrected chi connectivity index (χ4v) is 2.87. The smallest absolute Gasteiger partial charge is 0.279 e. The second kappa shape index (κ2) is 7.99. The van der Waals surface area contributed by atoms with E-state index >= 15 is 0 Å². The topological polar surface area (TPSA) is 68.2 Å². The summed E-state index contributed by atoms with van der Waals surface area (Å²) in [7, 11) is 3.13. The lowest BCUT2D eigenvalue weighted by Gasteiger charge is -2.12. The van der Waals surface area contributed by atoms with E-state index in [2.05, 4.69) is 4.99 Å². The van der Waals surface area contributed by atoms with Crippen molar-refractivity contribution in [3.8, 4) is 11.5 Å². The van der Waals surface area contributed by atoms with Gasteiger partial charge in [0.25, 0.3) is 5.91 Å². The number of nitrogens with zero attached hydrogens (tertiary/aromatic N) is 2. The Morgan fingerprint density at radius 3 is 2.41 bits per heavy atom. The number of carbonyl (C=O) groups excluding carboxylic acids is 2. The van der Waals surface area contributed by atoms with Crippen molar-refractivity contribution < 1.29 is 23.5 Å². The molecular weight excluding hydrogens is 351 g/mol. The highest BCUT2D eigenvalue weighted by Crippen LogP contribution is 2.28. The maximum absolute atomic E-state index is 13.0. The Kier molecular flexibility index (Phi) is 5.49. The average Bonchev–Trinajstić information content (AvgIpc) is 2.96.